The number of alkyl halides is 2. The molecule has 1 heterocycles. The summed E-state index contributed by atoms with van der Waals surface area (Å²) >= 11 is 6.32. The predicted molar refractivity (Wildman–Crippen MR) is 128 cm³/mol. The van der Waals surface area contributed by atoms with Gasteiger partial charge in [-0.05, 0) is 42.5 Å². The topological polar surface area (TPSA) is 111 Å². The van der Waals surface area contributed by atoms with Crippen LogP contribution in [0.3, 0.4) is 0 Å². The Labute approximate surface area is 213 Å². The zero-order valence-electron chi connectivity index (χ0n) is 19.0. The van der Waals surface area contributed by atoms with E-state index in [-0.39, 0.29) is 44.6 Å². The second-order valence-electron chi connectivity index (χ2n) is 7.52. The number of rotatable bonds is 8. The van der Waals surface area contributed by atoms with Crippen LogP contribution in [0.25, 0.3) is 0 Å². The molecule has 37 heavy (non-hydrogen) atoms. The summed E-state index contributed by atoms with van der Waals surface area (Å²) in [4.78, 5) is 51.3. The molecular formula is C25H17ClF2N2O7. The van der Waals surface area contributed by atoms with E-state index in [1.807, 2.05) is 0 Å². The minimum atomic E-state index is -2.98. The number of anilines is 2. The van der Waals surface area contributed by atoms with Gasteiger partial charge in [-0.1, -0.05) is 23.7 Å². The number of esters is 1. The maximum Gasteiger partial charge on any atom is 0.387 e. The van der Waals surface area contributed by atoms with Gasteiger partial charge in [-0.3, -0.25) is 14.4 Å². The lowest BCUT2D eigenvalue weighted by Crippen LogP contribution is -2.30. The Morgan fingerprint density at radius 2 is 1.62 bits per heavy atom. The van der Waals surface area contributed by atoms with Crippen molar-refractivity contribution in [1.29, 1.82) is 0 Å². The first-order valence-corrected chi connectivity index (χ1v) is 10.9. The molecule has 0 fully saturated rings. The quantitative estimate of drug-likeness (QED) is 0.336. The van der Waals surface area contributed by atoms with Crippen molar-refractivity contribution in [1.82, 2.24) is 0 Å². The highest BCUT2D eigenvalue weighted by Gasteiger charge is 2.38. The van der Waals surface area contributed by atoms with Crippen LogP contribution in [0.15, 0.2) is 60.7 Å². The first-order valence-electron chi connectivity index (χ1n) is 10.6. The third-order valence-corrected chi connectivity index (χ3v) is 5.52. The number of methoxy groups -OCH3 is 1. The molecular weight excluding hydrogens is 514 g/mol. The van der Waals surface area contributed by atoms with Crippen molar-refractivity contribution in [2.45, 2.75) is 6.61 Å². The molecule has 0 radical (unpaired) electrons. The Bertz CT molecular complexity index is 1360. The monoisotopic (exact) mass is 530 g/mol. The SMILES string of the molecule is COc1cc(N2C(=O)c3ccccc3C2=O)c(Cl)cc1C(=O)OCC(=O)Nc1ccc(OC(F)F)cc1. The Hall–Kier alpha value is -4.51. The van der Waals surface area contributed by atoms with Gasteiger partial charge in [0.05, 0.1) is 28.9 Å². The number of ether oxygens (including phenoxy) is 3. The van der Waals surface area contributed by atoms with E-state index in [4.69, 9.17) is 21.1 Å². The average Bonchev–Trinajstić information content (AvgIpc) is 3.13. The Morgan fingerprint density at radius 3 is 2.19 bits per heavy atom. The fourth-order valence-corrected chi connectivity index (χ4v) is 3.82. The lowest BCUT2D eigenvalue weighted by molar-refractivity contribution is -0.119. The summed E-state index contributed by atoms with van der Waals surface area (Å²) in [5.74, 6) is -2.95. The van der Waals surface area contributed by atoms with Gasteiger partial charge in [-0.25, -0.2) is 9.69 Å². The number of nitrogens with one attached hydrogen (secondary N) is 1. The molecule has 1 N–H and O–H groups in total. The van der Waals surface area contributed by atoms with Gasteiger partial charge in [0.15, 0.2) is 6.61 Å². The molecule has 0 aliphatic carbocycles. The Morgan fingerprint density at radius 1 is 1.00 bits per heavy atom. The summed E-state index contributed by atoms with van der Waals surface area (Å²) in [6, 6.07) is 13.8. The average molecular weight is 531 g/mol. The first kappa shape index (κ1) is 25.6. The number of imide groups is 1. The van der Waals surface area contributed by atoms with Gasteiger partial charge in [0.25, 0.3) is 17.7 Å². The van der Waals surface area contributed by atoms with Crippen molar-refractivity contribution in [3.05, 3.63) is 82.4 Å². The van der Waals surface area contributed by atoms with Gasteiger partial charge in [0, 0.05) is 11.8 Å². The number of hydrogen-bond acceptors (Lipinski definition) is 7. The molecule has 4 rings (SSSR count). The van der Waals surface area contributed by atoms with E-state index in [2.05, 4.69) is 10.1 Å². The number of fused-ring (bicyclic) bond motifs is 1. The van der Waals surface area contributed by atoms with E-state index in [1.54, 1.807) is 12.1 Å². The van der Waals surface area contributed by atoms with Gasteiger partial charge < -0.3 is 19.5 Å². The highest BCUT2D eigenvalue weighted by molar-refractivity contribution is 6.40. The van der Waals surface area contributed by atoms with Gasteiger partial charge >= 0.3 is 12.6 Å². The van der Waals surface area contributed by atoms with Crippen molar-refractivity contribution in [3.8, 4) is 11.5 Å². The van der Waals surface area contributed by atoms with Gasteiger partial charge in [0.2, 0.25) is 0 Å². The number of carbonyl (C=O) groups is 4. The molecule has 12 heteroatoms. The number of amides is 3. The van der Waals surface area contributed by atoms with Crippen LogP contribution in [0.5, 0.6) is 11.5 Å². The van der Waals surface area contributed by atoms with E-state index in [0.717, 1.165) is 4.90 Å². The van der Waals surface area contributed by atoms with Crippen molar-refractivity contribution in [2.75, 3.05) is 23.9 Å². The van der Waals surface area contributed by atoms with E-state index in [0.29, 0.717) is 0 Å². The summed E-state index contributed by atoms with van der Waals surface area (Å²) < 4.78 is 38.9. The maximum absolute atomic E-state index is 12.8. The second-order valence-corrected chi connectivity index (χ2v) is 7.93. The minimum Gasteiger partial charge on any atom is -0.496 e. The van der Waals surface area contributed by atoms with Crippen molar-refractivity contribution in [2.24, 2.45) is 0 Å². The summed E-state index contributed by atoms with van der Waals surface area (Å²) in [7, 11) is 1.26. The molecule has 3 aromatic rings. The molecule has 3 amide bonds. The molecule has 0 unspecified atom stereocenters. The van der Waals surface area contributed by atoms with Crippen LogP contribution in [0, 0.1) is 0 Å². The molecule has 1 aliphatic heterocycles. The lowest BCUT2D eigenvalue weighted by atomic mass is 10.1. The van der Waals surface area contributed by atoms with Gasteiger partial charge in [0.1, 0.15) is 17.1 Å². The zero-order chi connectivity index (χ0) is 26.7. The third-order valence-electron chi connectivity index (χ3n) is 5.22. The normalized spacial score (nSPS) is 12.4. The van der Waals surface area contributed by atoms with E-state index < -0.39 is 36.9 Å². The van der Waals surface area contributed by atoms with Crippen LogP contribution in [0.2, 0.25) is 5.02 Å². The Kier molecular flexibility index (Phi) is 7.35. The van der Waals surface area contributed by atoms with Crippen molar-refractivity contribution >= 4 is 46.7 Å². The fourth-order valence-electron chi connectivity index (χ4n) is 3.58. The highest BCUT2D eigenvalue weighted by Crippen LogP contribution is 2.38. The molecule has 190 valence electrons. The van der Waals surface area contributed by atoms with Crippen molar-refractivity contribution in [3.63, 3.8) is 0 Å². The number of carbonyl (C=O) groups excluding carboxylic acids is 4. The van der Waals surface area contributed by atoms with E-state index in [1.165, 1.54) is 55.6 Å². The standard InChI is InChI=1S/C25H17ClF2N2O7/c1-35-20-11-19(30-22(32)15-4-2-3-5-16(15)23(30)33)18(26)10-17(20)24(34)36-12-21(31)29-13-6-8-14(9-7-13)37-25(27)28/h2-11,25H,12H2,1H3,(H,29,31). The minimum absolute atomic E-state index is 0.0123. The van der Waals surface area contributed by atoms with Crippen LogP contribution < -0.4 is 19.7 Å². The maximum atomic E-state index is 12.8. The molecule has 1 aliphatic rings. The van der Waals surface area contributed by atoms with Gasteiger partial charge in [-0.2, -0.15) is 8.78 Å². The zero-order valence-corrected chi connectivity index (χ0v) is 19.8. The van der Waals surface area contributed by atoms with Crippen LogP contribution >= 0.6 is 11.6 Å². The number of hydrogen-bond donors (Lipinski definition) is 1. The lowest BCUT2D eigenvalue weighted by Gasteiger charge is -2.18. The molecule has 3 aromatic carbocycles. The second kappa shape index (κ2) is 10.6. The molecule has 0 bridgehead atoms. The predicted octanol–water partition coefficient (Wildman–Crippen LogP) is 4.55. The van der Waals surface area contributed by atoms with Crippen LogP contribution in [0.1, 0.15) is 31.1 Å². The van der Waals surface area contributed by atoms with Crippen LogP contribution in [-0.2, 0) is 9.53 Å². The highest BCUT2D eigenvalue weighted by atomic mass is 35.5. The Balaban J connectivity index is 1.45. The van der Waals surface area contributed by atoms with Crippen molar-refractivity contribution < 1.29 is 42.2 Å². The number of nitrogens with zero attached hydrogens (tertiary/aromatic N) is 1. The summed E-state index contributed by atoms with van der Waals surface area (Å²) in [5.41, 5.74) is 0.558. The summed E-state index contributed by atoms with van der Waals surface area (Å²) in [6.07, 6.45) is 0. The number of halogens is 3. The molecule has 0 spiro atoms. The molecule has 0 aromatic heterocycles. The summed E-state index contributed by atoms with van der Waals surface area (Å²) in [6.45, 7) is -3.67. The molecule has 0 saturated carbocycles. The molecule has 0 atom stereocenters. The molecule has 0 saturated heterocycles. The third kappa shape index (κ3) is 5.36. The largest absolute Gasteiger partial charge is 0.496 e. The van der Waals surface area contributed by atoms with E-state index in [9.17, 15) is 28.0 Å². The smallest absolute Gasteiger partial charge is 0.387 e. The summed E-state index contributed by atoms with van der Waals surface area (Å²) in [5, 5.41) is 2.34. The van der Waals surface area contributed by atoms with Crippen LogP contribution in [-0.4, -0.2) is 44.0 Å². The van der Waals surface area contributed by atoms with E-state index >= 15 is 0 Å². The molecule has 9 nitrogen and oxygen atoms in total. The van der Waals surface area contributed by atoms with Gasteiger partial charge in [-0.15, -0.1) is 0 Å². The first-order chi connectivity index (χ1) is 17.7. The van der Waals surface area contributed by atoms with Crippen LogP contribution in [0.4, 0.5) is 20.2 Å². The fraction of sp³-hybridized carbons (Fsp3) is 0.120. The number of benzene rings is 3.